The van der Waals surface area contributed by atoms with Crippen molar-refractivity contribution < 1.29 is 4.74 Å². The third kappa shape index (κ3) is 3.20. The first-order chi connectivity index (χ1) is 8.35. The first-order valence-corrected chi connectivity index (χ1v) is 7.10. The molecule has 0 spiro atoms. The van der Waals surface area contributed by atoms with E-state index in [1.54, 1.807) is 0 Å². The molecule has 3 nitrogen and oxygen atoms in total. The molecule has 3 heteroatoms. The molecule has 0 aromatic rings. The van der Waals surface area contributed by atoms with Crippen LogP contribution in [0.25, 0.3) is 0 Å². The second-order valence-electron chi connectivity index (χ2n) is 5.36. The number of ether oxygens (including phenoxy) is 1. The molecule has 2 rings (SSSR count). The zero-order valence-electron chi connectivity index (χ0n) is 10.9. The average molecular weight is 236 g/mol. The second-order valence-corrected chi connectivity index (χ2v) is 5.36. The summed E-state index contributed by atoms with van der Waals surface area (Å²) in [6.07, 6.45) is 7.45. The fourth-order valence-electron chi connectivity index (χ4n) is 3.22. The van der Waals surface area contributed by atoms with Gasteiger partial charge in [-0.2, -0.15) is 5.26 Å². The highest BCUT2D eigenvalue weighted by molar-refractivity contribution is 4.98. The van der Waals surface area contributed by atoms with Crippen LogP contribution in [0.3, 0.4) is 0 Å². The summed E-state index contributed by atoms with van der Waals surface area (Å²) in [6, 6.07) is 2.99. The Kier molecular flexibility index (Phi) is 4.82. The molecule has 2 fully saturated rings. The van der Waals surface area contributed by atoms with Crippen molar-refractivity contribution in [1.82, 2.24) is 4.90 Å². The zero-order valence-corrected chi connectivity index (χ0v) is 10.9. The van der Waals surface area contributed by atoms with E-state index in [1.807, 2.05) is 0 Å². The molecule has 1 aliphatic carbocycles. The molecule has 0 bridgehead atoms. The minimum atomic E-state index is 0.264. The summed E-state index contributed by atoms with van der Waals surface area (Å²) in [5, 5.41) is 9.17. The van der Waals surface area contributed by atoms with Crippen molar-refractivity contribution in [3.05, 3.63) is 0 Å². The van der Waals surface area contributed by atoms with E-state index in [-0.39, 0.29) is 5.92 Å². The van der Waals surface area contributed by atoms with Crippen molar-refractivity contribution in [2.24, 2.45) is 5.92 Å². The molecule has 17 heavy (non-hydrogen) atoms. The molecule has 1 saturated carbocycles. The van der Waals surface area contributed by atoms with Crippen LogP contribution in [-0.2, 0) is 4.74 Å². The van der Waals surface area contributed by atoms with Gasteiger partial charge in [0, 0.05) is 19.2 Å². The number of hydrogen-bond donors (Lipinski definition) is 0. The molecule has 1 aliphatic heterocycles. The van der Waals surface area contributed by atoms with E-state index in [0.29, 0.717) is 12.1 Å². The zero-order chi connectivity index (χ0) is 12.1. The van der Waals surface area contributed by atoms with Gasteiger partial charge in [0.25, 0.3) is 0 Å². The molecule has 1 saturated heterocycles. The highest BCUT2D eigenvalue weighted by atomic mass is 16.5. The van der Waals surface area contributed by atoms with Gasteiger partial charge in [0.15, 0.2) is 0 Å². The Labute approximate surface area is 105 Å². The Morgan fingerprint density at radius 1 is 1.29 bits per heavy atom. The molecule has 0 amide bonds. The van der Waals surface area contributed by atoms with Gasteiger partial charge in [-0.05, 0) is 38.6 Å². The molecule has 0 N–H and O–H groups in total. The Balaban J connectivity index is 1.86. The van der Waals surface area contributed by atoms with Crippen LogP contribution < -0.4 is 0 Å². The summed E-state index contributed by atoms with van der Waals surface area (Å²) in [5.74, 6) is 0.264. The standard InChI is InChI=1S/C14H24N2O/c1-2-9-17-13-6-4-8-16(11-13)14-7-3-5-12(14)10-15/h12-14H,2-9,11H2,1H3. The van der Waals surface area contributed by atoms with E-state index in [2.05, 4.69) is 17.9 Å². The molecule has 0 radical (unpaired) electrons. The van der Waals surface area contributed by atoms with E-state index in [9.17, 15) is 0 Å². The quantitative estimate of drug-likeness (QED) is 0.752. The molecule has 3 unspecified atom stereocenters. The summed E-state index contributed by atoms with van der Waals surface area (Å²) in [6.45, 7) is 5.24. The van der Waals surface area contributed by atoms with Crippen molar-refractivity contribution in [2.75, 3.05) is 19.7 Å². The molecule has 96 valence electrons. The summed E-state index contributed by atoms with van der Waals surface area (Å²) >= 11 is 0. The van der Waals surface area contributed by atoms with Gasteiger partial charge < -0.3 is 4.74 Å². The van der Waals surface area contributed by atoms with Gasteiger partial charge in [-0.3, -0.25) is 4.90 Å². The predicted octanol–water partition coefficient (Wildman–Crippen LogP) is 2.57. The smallest absolute Gasteiger partial charge is 0.0702 e. The van der Waals surface area contributed by atoms with Crippen LogP contribution in [0.15, 0.2) is 0 Å². The highest BCUT2D eigenvalue weighted by Gasteiger charge is 2.34. The van der Waals surface area contributed by atoms with Crippen LogP contribution >= 0.6 is 0 Å². The lowest BCUT2D eigenvalue weighted by Gasteiger charge is -2.37. The van der Waals surface area contributed by atoms with Crippen molar-refractivity contribution in [1.29, 1.82) is 5.26 Å². The Bertz CT molecular complexity index is 274. The minimum absolute atomic E-state index is 0.264. The predicted molar refractivity (Wildman–Crippen MR) is 67.6 cm³/mol. The van der Waals surface area contributed by atoms with Gasteiger partial charge >= 0.3 is 0 Å². The fraction of sp³-hybridized carbons (Fsp3) is 0.929. The van der Waals surface area contributed by atoms with Gasteiger partial charge in [0.1, 0.15) is 0 Å². The lowest BCUT2D eigenvalue weighted by atomic mass is 9.99. The van der Waals surface area contributed by atoms with Gasteiger partial charge in [-0.25, -0.2) is 0 Å². The van der Waals surface area contributed by atoms with E-state index in [1.165, 1.54) is 25.7 Å². The number of rotatable bonds is 4. The average Bonchev–Trinajstić information content (AvgIpc) is 2.85. The largest absolute Gasteiger partial charge is 0.377 e. The van der Waals surface area contributed by atoms with Crippen LogP contribution in [0.1, 0.15) is 45.4 Å². The second kappa shape index (κ2) is 6.37. The van der Waals surface area contributed by atoms with Crippen LogP contribution in [0, 0.1) is 17.2 Å². The van der Waals surface area contributed by atoms with E-state index < -0.39 is 0 Å². The number of nitrogens with zero attached hydrogens (tertiary/aromatic N) is 2. The van der Waals surface area contributed by atoms with Crippen LogP contribution in [0.4, 0.5) is 0 Å². The van der Waals surface area contributed by atoms with Gasteiger partial charge in [-0.15, -0.1) is 0 Å². The number of piperidine rings is 1. The lowest BCUT2D eigenvalue weighted by molar-refractivity contribution is -0.0148. The summed E-state index contributed by atoms with van der Waals surface area (Å²) in [5.41, 5.74) is 0. The maximum atomic E-state index is 9.17. The summed E-state index contributed by atoms with van der Waals surface area (Å²) in [4.78, 5) is 2.52. The monoisotopic (exact) mass is 236 g/mol. The van der Waals surface area contributed by atoms with Crippen LogP contribution in [0.5, 0.6) is 0 Å². The van der Waals surface area contributed by atoms with Gasteiger partial charge in [-0.1, -0.05) is 13.3 Å². The van der Waals surface area contributed by atoms with Crippen molar-refractivity contribution in [3.8, 4) is 6.07 Å². The van der Waals surface area contributed by atoms with Gasteiger partial charge in [0.2, 0.25) is 0 Å². The van der Waals surface area contributed by atoms with Crippen LogP contribution in [0.2, 0.25) is 0 Å². The van der Waals surface area contributed by atoms with Gasteiger partial charge in [0.05, 0.1) is 18.1 Å². The maximum absolute atomic E-state index is 9.17. The van der Waals surface area contributed by atoms with Crippen molar-refractivity contribution >= 4 is 0 Å². The van der Waals surface area contributed by atoms with Crippen molar-refractivity contribution in [3.63, 3.8) is 0 Å². The Morgan fingerprint density at radius 3 is 2.94 bits per heavy atom. The molecular formula is C14H24N2O. The van der Waals surface area contributed by atoms with Crippen molar-refractivity contribution in [2.45, 2.75) is 57.6 Å². The maximum Gasteiger partial charge on any atom is 0.0702 e. The molecule has 1 heterocycles. The fourth-order valence-corrected chi connectivity index (χ4v) is 3.22. The molecule has 0 aromatic heterocycles. The summed E-state index contributed by atoms with van der Waals surface area (Å²) in [7, 11) is 0. The van der Waals surface area contributed by atoms with E-state index in [0.717, 1.165) is 32.5 Å². The first kappa shape index (κ1) is 12.9. The normalized spacial score (nSPS) is 34.7. The first-order valence-electron chi connectivity index (χ1n) is 7.10. The Morgan fingerprint density at radius 2 is 2.18 bits per heavy atom. The minimum Gasteiger partial charge on any atom is -0.377 e. The highest BCUT2D eigenvalue weighted by Crippen LogP contribution is 2.31. The lowest BCUT2D eigenvalue weighted by Crippen LogP contribution is -2.46. The van der Waals surface area contributed by atoms with E-state index in [4.69, 9.17) is 10.00 Å². The topological polar surface area (TPSA) is 36.3 Å². The molecular weight excluding hydrogens is 212 g/mol. The number of hydrogen-bond acceptors (Lipinski definition) is 3. The Hall–Kier alpha value is -0.590. The van der Waals surface area contributed by atoms with E-state index >= 15 is 0 Å². The van der Waals surface area contributed by atoms with Crippen LogP contribution in [-0.4, -0.2) is 36.7 Å². The molecule has 2 aliphatic rings. The SMILES string of the molecule is CCCOC1CCCN(C2CCCC2C#N)C1. The third-order valence-corrected chi connectivity index (χ3v) is 4.08. The molecule has 0 aromatic carbocycles. The summed E-state index contributed by atoms with van der Waals surface area (Å²) < 4.78 is 5.87. The number of likely N-dealkylation sites (tertiary alicyclic amines) is 1. The third-order valence-electron chi connectivity index (χ3n) is 4.08. The molecule has 3 atom stereocenters. The number of nitriles is 1.